The maximum atomic E-state index is 12.7. The number of amides is 1. The van der Waals surface area contributed by atoms with Crippen molar-refractivity contribution in [1.82, 2.24) is 4.90 Å². The Labute approximate surface area is 174 Å². The molecule has 8 nitrogen and oxygen atoms in total. The summed E-state index contributed by atoms with van der Waals surface area (Å²) >= 11 is 6.08. The summed E-state index contributed by atoms with van der Waals surface area (Å²) in [4.78, 5) is 27.4. The van der Waals surface area contributed by atoms with Crippen LogP contribution in [0.25, 0.3) is 0 Å². The number of nitro groups is 1. The highest BCUT2D eigenvalue weighted by Gasteiger charge is 2.26. The number of anilines is 2. The zero-order valence-electron chi connectivity index (χ0n) is 16.3. The van der Waals surface area contributed by atoms with Gasteiger partial charge < -0.3 is 15.0 Å². The lowest BCUT2D eigenvalue weighted by Crippen LogP contribution is -2.52. The molecule has 154 valence electrons. The molecule has 1 atom stereocenters. The number of carbonyl (C=O) groups is 1. The molecule has 1 amide bonds. The predicted octanol–water partition coefficient (Wildman–Crippen LogP) is 3.41. The van der Waals surface area contributed by atoms with Gasteiger partial charge in [-0.1, -0.05) is 17.7 Å². The van der Waals surface area contributed by atoms with E-state index >= 15 is 0 Å². The highest BCUT2D eigenvalue weighted by molar-refractivity contribution is 6.33. The van der Waals surface area contributed by atoms with Gasteiger partial charge in [0.05, 0.1) is 28.8 Å². The van der Waals surface area contributed by atoms with Crippen molar-refractivity contribution in [3.05, 3.63) is 57.6 Å². The van der Waals surface area contributed by atoms with Gasteiger partial charge in [-0.15, -0.1) is 0 Å². The summed E-state index contributed by atoms with van der Waals surface area (Å²) in [6.45, 7) is 4.81. The van der Waals surface area contributed by atoms with Gasteiger partial charge in [0.15, 0.2) is 0 Å². The first-order valence-electron chi connectivity index (χ1n) is 9.27. The second-order valence-corrected chi connectivity index (χ2v) is 7.22. The normalized spacial score (nSPS) is 15.6. The van der Waals surface area contributed by atoms with E-state index in [1.165, 1.54) is 18.2 Å². The molecule has 2 aromatic rings. The molecule has 0 radical (unpaired) electrons. The zero-order valence-corrected chi connectivity index (χ0v) is 17.1. The molecule has 0 bridgehead atoms. The van der Waals surface area contributed by atoms with Crippen molar-refractivity contribution < 1.29 is 14.5 Å². The average Bonchev–Trinajstić information content (AvgIpc) is 2.74. The van der Waals surface area contributed by atoms with Gasteiger partial charge in [0, 0.05) is 50.1 Å². The predicted molar refractivity (Wildman–Crippen MR) is 113 cm³/mol. The molecular formula is C20H23ClN4O4. The molecule has 1 aliphatic heterocycles. The van der Waals surface area contributed by atoms with Crippen LogP contribution in [-0.4, -0.2) is 55.1 Å². The number of carbonyl (C=O) groups excluding carboxylic acids is 1. The molecule has 1 saturated heterocycles. The van der Waals surface area contributed by atoms with Gasteiger partial charge in [-0.3, -0.25) is 19.8 Å². The number of non-ortho nitro benzene ring substituents is 1. The fourth-order valence-electron chi connectivity index (χ4n) is 3.30. The molecule has 0 spiro atoms. The summed E-state index contributed by atoms with van der Waals surface area (Å²) < 4.78 is 5.28. The van der Waals surface area contributed by atoms with Crippen LogP contribution in [0.5, 0.6) is 5.75 Å². The standard InChI is InChI=1S/C20H23ClN4O4/c1-14(20(26)22-19-13-16(25(27)28)6-7-18(19)21)23-8-10-24(11-9-23)15-4-3-5-17(12-15)29-2/h3-7,12-14H,8-11H2,1-2H3,(H,22,26). The van der Waals surface area contributed by atoms with Crippen molar-refractivity contribution in [2.45, 2.75) is 13.0 Å². The number of methoxy groups -OCH3 is 1. The molecule has 0 saturated carbocycles. The van der Waals surface area contributed by atoms with Crippen molar-refractivity contribution in [2.24, 2.45) is 0 Å². The van der Waals surface area contributed by atoms with Crippen molar-refractivity contribution in [3.63, 3.8) is 0 Å². The maximum Gasteiger partial charge on any atom is 0.271 e. The van der Waals surface area contributed by atoms with E-state index in [4.69, 9.17) is 16.3 Å². The van der Waals surface area contributed by atoms with Crippen molar-refractivity contribution >= 4 is 34.6 Å². The van der Waals surface area contributed by atoms with E-state index in [-0.39, 0.29) is 22.3 Å². The fraction of sp³-hybridized carbons (Fsp3) is 0.350. The highest BCUT2D eigenvalue weighted by Crippen LogP contribution is 2.27. The van der Waals surface area contributed by atoms with E-state index in [9.17, 15) is 14.9 Å². The highest BCUT2D eigenvalue weighted by atomic mass is 35.5. The molecular weight excluding hydrogens is 396 g/mol. The molecule has 29 heavy (non-hydrogen) atoms. The second kappa shape index (κ2) is 9.11. The van der Waals surface area contributed by atoms with Crippen LogP contribution in [0.1, 0.15) is 6.92 Å². The number of halogens is 1. The number of hydrogen-bond donors (Lipinski definition) is 1. The van der Waals surface area contributed by atoms with E-state index in [2.05, 4.69) is 15.1 Å². The Morgan fingerprint density at radius 2 is 1.93 bits per heavy atom. The summed E-state index contributed by atoms with van der Waals surface area (Å²) in [7, 11) is 1.64. The van der Waals surface area contributed by atoms with Crippen LogP contribution in [0.4, 0.5) is 17.1 Å². The fourth-order valence-corrected chi connectivity index (χ4v) is 3.47. The van der Waals surface area contributed by atoms with Crippen molar-refractivity contribution in [1.29, 1.82) is 0 Å². The van der Waals surface area contributed by atoms with Gasteiger partial charge in [-0.05, 0) is 25.1 Å². The van der Waals surface area contributed by atoms with E-state index in [1.807, 2.05) is 31.2 Å². The van der Waals surface area contributed by atoms with E-state index in [0.29, 0.717) is 13.1 Å². The lowest BCUT2D eigenvalue weighted by atomic mass is 10.2. The van der Waals surface area contributed by atoms with E-state index in [1.54, 1.807) is 7.11 Å². The van der Waals surface area contributed by atoms with Crippen LogP contribution in [0, 0.1) is 10.1 Å². The SMILES string of the molecule is COc1cccc(N2CCN(C(C)C(=O)Nc3cc([N+](=O)[O-])ccc3Cl)CC2)c1. The van der Waals surface area contributed by atoms with Gasteiger partial charge in [0.25, 0.3) is 5.69 Å². The molecule has 9 heteroatoms. The minimum Gasteiger partial charge on any atom is -0.497 e. The molecule has 1 N–H and O–H groups in total. The van der Waals surface area contributed by atoms with E-state index in [0.717, 1.165) is 24.5 Å². The summed E-state index contributed by atoms with van der Waals surface area (Å²) in [5, 5.41) is 13.9. The maximum absolute atomic E-state index is 12.7. The van der Waals surface area contributed by atoms with Gasteiger partial charge in [0.2, 0.25) is 5.91 Å². The Bertz CT molecular complexity index is 900. The Hall–Kier alpha value is -2.84. The first-order chi connectivity index (χ1) is 13.9. The molecule has 3 rings (SSSR count). The number of piperazine rings is 1. The third-order valence-electron chi connectivity index (χ3n) is 5.08. The van der Waals surface area contributed by atoms with Gasteiger partial charge in [-0.25, -0.2) is 0 Å². The molecule has 1 unspecified atom stereocenters. The lowest BCUT2D eigenvalue weighted by molar-refractivity contribution is -0.384. The van der Waals surface area contributed by atoms with Crippen LogP contribution in [0.3, 0.4) is 0 Å². The number of nitrogens with zero attached hydrogens (tertiary/aromatic N) is 3. The van der Waals surface area contributed by atoms with Crippen LogP contribution in [0.2, 0.25) is 5.02 Å². The van der Waals surface area contributed by atoms with Crippen molar-refractivity contribution in [3.8, 4) is 5.75 Å². The number of ether oxygens (including phenoxy) is 1. The van der Waals surface area contributed by atoms with Gasteiger partial charge in [-0.2, -0.15) is 0 Å². The number of hydrogen-bond acceptors (Lipinski definition) is 6. The largest absolute Gasteiger partial charge is 0.497 e. The lowest BCUT2D eigenvalue weighted by Gasteiger charge is -2.38. The minimum atomic E-state index is -0.521. The van der Waals surface area contributed by atoms with Crippen LogP contribution < -0.4 is 15.0 Å². The smallest absolute Gasteiger partial charge is 0.271 e. The third kappa shape index (κ3) is 4.96. The molecule has 1 fully saturated rings. The minimum absolute atomic E-state index is 0.121. The summed E-state index contributed by atoms with van der Waals surface area (Å²) in [5.41, 5.74) is 1.21. The quantitative estimate of drug-likeness (QED) is 0.571. The second-order valence-electron chi connectivity index (χ2n) is 6.81. The van der Waals surface area contributed by atoms with Crippen LogP contribution in [-0.2, 0) is 4.79 Å². The average molecular weight is 419 g/mol. The topological polar surface area (TPSA) is 88.0 Å². The third-order valence-corrected chi connectivity index (χ3v) is 5.41. The Morgan fingerprint density at radius 1 is 1.21 bits per heavy atom. The number of nitrogens with one attached hydrogen (secondary N) is 1. The molecule has 0 aromatic heterocycles. The summed E-state index contributed by atoms with van der Waals surface area (Å²) in [6, 6.07) is 11.5. The first-order valence-corrected chi connectivity index (χ1v) is 9.64. The molecule has 0 aliphatic carbocycles. The zero-order chi connectivity index (χ0) is 21.0. The van der Waals surface area contributed by atoms with Crippen LogP contribution >= 0.6 is 11.6 Å². The Kier molecular flexibility index (Phi) is 6.56. The summed E-state index contributed by atoms with van der Waals surface area (Å²) in [6.07, 6.45) is 0. The Balaban J connectivity index is 1.60. The van der Waals surface area contributed by atoms with E-state index < -0.39 is 11.0 Å². The first kappa shape index (κ1) is 20.9. The molecule has 2 aromatic carbocycles. The molecule has 1 heterocycles. The van der Waals surface area contributed by atoms with Crippen LogP contribution in [0.15, 0.2) is 42.5 Å². The Morgan fingerprint density at radius 3 is 2.59 bits per heavy atom. The van der Waals surface area contributed by atoms with Gasteiger partial charge in [0.1, 0.15) is 5.75 Å². The monoisotopic (exact) mass is 418 g/mol. The number of nitro benzene ring substituents is 1. The summed E-state index contributed by atoms with van der Waals surface area (Å²) in [5.74, 6) is 0.564. The molecule has 1 aliphatic rings. The van der Waals surface area contributed by atoms with Gasteiger partial charge >= 0.3 is 0 Å². The number of rotatable bonds is 6. The number of benzene rings is 2. The van der Waals surface area contributed by atoms with Crippen molar-refractivity contribution in [2.75, 3.05) is 43.5 Å².